The lowest BCUT2D eigenvalue weighted by atomic mass is 10.0. The van der Waals surface area contributed by atoms with E-state index in [1.165, 1.54) is 19.4 Å². The first-order valence-corrected chi connectivity index (χ1v) is 9.53. The Morgan fingerprint density at radius 3 is 3.00 bits per heavy atom. The topological polar surface area (TPSA) is 61.0 Å². The van der Waals surface area contributed by atoms with Gasteiger partial charge in [-0.1, -0.05) is 6.92 Å². The molecule has 142 valence electrons. The second-order valence-electron chi connectivity index (χ2n) is 6.97. The average Bonchev–Trinajstić information content (AvgIpc) is 3.40. The van der Waals surface area contributed by atoms with E-state index in [0.717, 1.165) is 35.8 Å². The number of piperidine rings is 1. The van der Waals surface area contributed by atoms with Crippen LogP contribution < -0.4 is 4.74 Å². The van der Waals surface area contributed by atoms with Crippen molar-refractivity contribution in [1.82, 2.24) is 29.2 Å². The van der Waals surface area contributed by atoms with Gasteiger partial charge in [-0.2, -0.15) is 5.10 Å². The van der Waals surface area contributed by atoms with E-state index < -0.39 is 0 Å². The molecule has 0 aliphatic carbocycles. The molecule has 3 aromatic rings. The highest BCUT2D eigenvalue weighted by Gasteiger charge is 2.22. The van der Waals surface area contributed by atoms with Gasteiger partial charge in [0.2, 0.25) is 0 Å². The Morgan fingerprint density at radius 2 is 2.22 bits per heavy atom. The van der Waals surface area contributed by atoms with Gasteiger partial charge in [0.25, 0.3) is 0 Å². The molecule has 0 bridgehead atoms. The first-order valence-electron chi connectivity index (χ1n) is 9.53. The Kier molecular flexibility index (Phi) is 5.20. The molecule has 0 spiro atoms. The highest BCUT2D eigenvalue weighted by Crippen LogP contribution is 2.30. The summed E-state index contributed by atoms with van der Waals surface area (Å²) in [5.74, 6) is 1.86. The Hall–Kier alpha value is -2.67. The van der Waals surface area contributed by atoms with Crippen LogP contribution in [0.15, 0.2) is 43.2 Å². The summed E-state index contributed by atoms with van der Waals surface area (Å²) in [6, 6.07) is 6.72. The number of aromatic nitrogens is 5. The van der Waals surface area contributed by atoms with Crippen LogP contribution in [0.4, 0.5) is 0 Å². The summed E-state index contributed by atoms with van der Waals surface area (Å²) in [7, 11) is 1.70. The molecule has 1 fully saturated rings. The zero-order chi connectivity index (χ0) is 18.6. The molecule has 7 heteroatoms. The summed E-state index contributed by atoms with van der Waals surface area (Å²) in [6.45, 7) is 6.23. The Bertz CT molecular complexity index is 872. The van der Waals surface area contributed by atoms with Crippen LogP contribution >= 0.6 is 0 Å². The van der Waals surface area contributed by atoms with E-state index in [0.29, 0.717) is 12.6 Å². The fourth-order valence-corrected chi connectivity index (χ4v) is 3.91. The van der Waals surface area contributed by atoms with Crippen molar-refractivity contribution in [3.05, 3.63) is 48.8 Å². The van der Waals surface area contributed by atoms with Gasteiger partial charge in [0, 0.05) is 36.1 Å². The number of imidazole rings is 1. The third-order valence-corrected chi connectivity index (χ3v) is 5.33. The monoisotopic (exact) mass is 366 g/mol. The van der Waals surface area contributed by atoms with Crippen LogP contribution in [0.3, 0.4) is 0 Å². The minimum Gasteiger partial charge on any atom is -0.496 e. The highest BCUT2D eigenvalue weighted by atomic mass is 16.5. The van der Waals surface area contributed by atoms with E-state index in [2.05, 4.69) is 49.8 Å². The normalized spacial score (nSPS) is 17.9. The zero-order valence-electron chi connectivity index (χ0n) is 16.0. The first-order chi connectivity index (χ1) is 13.3. The second kappa shape index (κ2) is 7.92. The molecule has 1 aromatic carbocycles. The molecule has 0 saturated carbocycles. The summed E-state index contributed by atoms with van der Waals surface area (Å²) >= 11 is 0. The highest BCUT2D eigenvalue weighted by molar-refractivity contribution is 5.59. The summed E-state index contributed by atoms with van der Waals surface area (Å²) in [4.78, 5) is 11.2. The molecule has 1 unspecified atom stereocenters. The van der Waals surface area contributed by atoms with E-state index in [-0.39, 0.29) is 0 Å². The first kappa shape index (κ1) is 17.7. The van der Waals surface area contributed by atoms with Crippen molar-refractivity contribution in [3.8, 4) is 17.1 Å². The quantitative estimate of drug-likeness (QED) is 0.671. The van der Waals surface area contributed by atoms with Gasteiger partial charge in [-0.15, -0.1) is 0 Å². The van der Waals surface area contributed by atoms with Crippen LogP contribution in [0.1, 0.15) is 31.4 Å². The molecule has 2 aromatic heterocycles. The van der Waals surface area contributed by atoms with Crippen LogP contribution in [0.2, 0.25) is 0 Å². The van der Waals surface area contributed by atoms with Gasteiger partial charge in [-0.05, 0) is 44.1 Å². The number of likely N-dealkylation sites (N-methyl/N-ethyl adjacent to an activating group) is 1. The maximum atomic E-state index is 5.55. The van der Waals surface area contributed by atoms with Gasteiger partial charge >= 0.3 is 0 Å². The largest absolute Gasteiger partial charge is 0.496 e. The van der Waals surface area contributed by atoms with Crippen LogP contribution in [-0.2, 0) is 6.54 Å². The van der Waals surface area contributed by atoms with Crippen LogP contribution in [0.5, 0.6) is 5.75 Å². The molecule has 1 aliphatic rings. The smallest absolute Gasteiger partial charge is 0.140 e. The molecular weight excluding hydrogens is 340 g/mol. The molecular formula is C20H26N6O. The van der Waals surface area contributed by atoms with Crippen molar-refractivity contribution in [2.75, 3.05) is 26.7 Å². The molecule has 27 heavy (non-hydrogen) atoms. The van der Waals surface area contributed by atoms with Crippen molar-refractivity contribution >= 4 is 0 Å². The number of hydrogen-bond donors (Lipinski definition) is 0. The van der Waals surface area contributed by atoms with Gasteiger partial charge in [0.1, 0.15) is 24.2 Å². The summed E-state index contributed by atoms with van der Waals surface area (Å²) < 4.78 is 9.68. The number of nitrogens with zero attached hydrogens (tertiary/aromatic N) is 6. The number of likely N-dealkylation sites (tertiary alicyclic amines) is 1. The maximum absolute atomic E-state index is 5.55. The third kappa shape index (κ3) is 3.73. The number of rotatable bonds is 6. The molecule has 0 amide bonds. The van der Waals surface area contributed by atoms with Crippen molar-refractivity contribution < 1.29 is 4.74 Å². The average molecular weight is 366 g/mol. The summed E-state index contributed by atoms with van der Waals surface area (Å²) in [5.41, 5.74) is 2.17. The van der Waals surface area contributed by atoms with Crippen LogP contribution in [-0.4, -0.2) is 56.0 Å². The number of methoxy groups -OCH3 is 1. The van der Waals surface area contributed by atoms with Gasteiger partial charge in [0.05, 0.1) is 13.7 Å². The third-order valence-electron chi connectivity index (χ3n) is 5.33. The van der Waals surface area contributed by atoms with Crippen molar-refractivity contribution in [1.29, 1.82) is 0 Å². The van der Waals surface area contributed by atoms with E-state index in [1.807, 2.05) is 12.3 Å². The van der Waals surface area contributed by atoms with Gasteiger partial charge < -0.3 is 14.2 Å². The van der Waals surface area contributed by atoms with E-state index in [9.17, 15) is 0 Å². The molecule has 0 N–H and O–H groups in total. The van der Waals surface area contributed by atoms with Gasteiger partial charge in [-0.3, -0.25) is 0 Å². The molecule has 4 rings (SSSR count). The maximum Gasteiger partial charge on any atom is 0.140 e. The predicted molar refractivity (Wildman–Crippen MR) is 104 cm³/mol. The van der Waals surface area contributed by atoms with E-state index in [4.69, 9.17) is 4.74 Å². The molecule has 7 nitrogen and oxygen atoms in total. The van der Waals surface area contributed by atoms with Crippen molar-refractivity contribution in [2.24, 2.45) is 0 Å². The fourth-order valence-electron chi connectivity index (χ4n) is 3.91. The minimum absolute atomic E-state index is 0.470. The van der Waals surface area contributed by atoms with Gasteiger partial charge in [-0.25, -0.2) is 14.6 Å². The Balaban J connectivity index is 1.65. The minimum atomic E-state index is 0.470. The predicted octanol–water partition coefficient (Wildman–Crippen LogP) is 2.86. The Morgan fingerprint density at radius 1 is 1.30 bits per heavy atom. The zero-order valence-corrected chi connectivity index (χ0v) is 16.0. The van der Waals surface area contributed by atoms with Crippen molar-refractivity contribution in [3.63, 3.8) is 0 Å². The lowest BCUT2D eigenvalue weighted by molar-refractivity contribution is 0.186. The van der Waals surface area contributed by atoms with Crippen LogP contribution in [0, 0.1) is 0 Å². The Labute approximate surface area is 159 Å². The van der Waals surface area contributed by atoms with Crippen molar-refractivity contribution in [2.45, 2.75) is 32.4 Å². The molecule has 1 aliphatic heterocycles. The lowest BCUT2D eigenvalue weighted by Crippen LogP contribution is -2.36. The number of ether oxygens (including phenoxy) is 1. The molecule has 1 saturated heterocycles. The molecule has 0 radical (unpaired) electrons. The van der Waals surface area contributed by atoms with E-state index in [1.54, 1.807) is 24.4 Å². The van der Waals surface area contributed by atoms with Gasteiger partial charge in [0.15, 0.2) is 0 Å². The second-order valence-corrected chi connectivity index (χ2v) is 6.97. The lowest BCUT2D eigenvalue weighted by Gasteiger charge is -2.33. The number of benzene rings is 1. The molecule has 3 heterocycles. The SMILES string of the molecule is CCN1CCCC(n2ccnc2-c2ccc(OC)c(Cn3cncn3)c2)C1. The molecule has 1 atom stereocenters. The standard InChI is InChI=1S/C20H26N6O/c1-3-24-9-4-5-18(13-24)26-10-8-22-20(26)16-6-7-19(27-2)17(11-16)12-25-15-21-14-23-25/h6-8,10-11,14-15,18H,3-5,9,12-13H2,1-2H3. The van der Waals surface area contributed by atoms with Crippen LogP contribution in [0.25, 0.3) is 11.4 Å². The van der Waals surface area contributed by atoms with E-state index >= 15 is 0 Å². The number of hydrogen-bond acceptors (Lipinski definition) is 5. The summed E-state index contributed by atoms with van der Waals surface area (Å²) in [6.07, 6.45) is 9.71. The summed E-state index contributed by atoms with van der Waals surface area (Å²) in [5, 5.41) is 4.21. The fraction of sp³-hybridized carbons (Fsp3) is 0.450.